The third-order valence-electron chi connectivity index (χ3n) is 2.48. The molecule has 2 rings (SSSR count). The second-order valence-corrected chi connectivity index (χ2v) is 3.83. The van der Waals surface area contributed by atoms with Crippen molar-refractivity contribution in [1.82, 2.24) is 0 Å². The first kappa shape index (κ1) is 12.3. The van der Waals surface area contributed by atoms with E-state index in [0.717, 1.165) is 12.1 Å². The van der Waals surface area contributed by atoms with Crippen molar-refractivity contribution in [1.29, 1.82) is 5.26 Å². The van der Waals surface area contributed by atoms with E-state index in [2.05, 4.69) is 5.32 Å². The lowest BCUT2D eigenvalue weighted by molar-refractivity contribution is -0.123. The van der Waals surface area contributed by atoms with E-state index in [1.807, 2.05) is 0 Å². The zero-order valence-electron chi connectivity index (χ0n) is 9.11. The largest absolute Gasteiger partial charge is 0.478 e. The predicted octanol–water partition coefficient (Wildman–Crippen LogP) is 0.905. The predicted molar refractivity (Wildman–Crippen MR) is 57.6 cm³/mol. The Morgan fingerprint density at radius 3 is 2.83 bits per heavy atom. The smallest absolute Gasteiger partial charge is 0.265 e. The minimum absolute atomic E-state index is 0.0173. The molecule has 0 aromatic heterocycles. The third kappa shape index (κ3) is 2.24. The number of ether oxygens (including phenoxy) is 1. The van der Waals surface area contributed by atoms with Crippen molar-refractivity contribution in [2.24, 2.45) is 5.73 Å². The van der Waals surface area contributed by atoms with Gasteiger partial charge in [-0.25, -0.2) is 8.78 Å². The minimum Gasteiger partial charge on any atom is -0.478 e. The number of fused-ring (bicyclic) bond motifs is 1. The van der Waals surface area contributed by atoms with Gasteiger partial charge in [-0.05, 0) is 0 Å². The van der Waals surface area contributed by atoms with Crippen LogP contribution >= 0.6 is 0 Å². The second-order valence-electron chi connectivity index (χ2n) is 3.83. The fourth-order valence-corrected chi connectivity index (χ4v) is 1.58. The lowest BCUT2D eigenvalue weighted by Crippen LogP contribution is -2.41. The van der Waals surface area contributed by atoms with Crippen molar-refractivity contribution in [3.63, 3.8) is 0 Å². The van der Waals surface area contributed by atoms with Gasteiger partial charge in [0.25, 0.3) is 5.91 Å². The number of hydrogen-bond donors (Lipinski definition) is 2. The van der Waals surface area contributed by atoms with E-state index in [1.165, 1.54) is 0 Å². The van der Waals surface area contributed by atoms with Crippen LogP contribution in [-0.2, 0) is 4.79 Å². The molecule has 18 heavy (non-hydrogen) atoms. The molecule has 0 spiro atoms. The van der Waals surface area contributed by atoms with Gasteiger partial charge in [0.15, 0.2) is 17.7 Å². The summed E-state index contributed by atoms with van der Waals surface area (Å²) in [6, 6.07) is 2.57. The molecule has 1 aromatic carbocycles. The van der Waals surface area contributed by atoms with Gasteiger partial charge in [0.05, 0.1) is 17.8 Å². The van der Waals surface area contributed by atoms with Gasteiger partial charge in [-0.1, -0.05) is 0 Å². The molecule has 1 amide bonds. The molecule has 2 unspecified atom stereocenters. The fourth-order valence-electron chi connectivity index (χ4n) is 1.58. The molecule has 7 heteroatoms. The number of carbonyl (C=O) groups is 1. The standard InChI is InChI=1S/C11H9F2N3O2/c12-6-2-8-9(3-7(6)13)18-10(11(17)16-8)1-5(15)4-14/h2-3,5,10H,1,15H2,(H,16,17). The van der Waals surface area contributed by atoms with E-state index in [4.69, 9.17) is 15.7 Å². The Morgan fingerprint density at radius 2 is 2.17 bits per heavy atom. The third-order valence-corrected chi connectivity index (χ3v) is 2.48. The SMILES string of the molecule is N#CC(N)CC1Oc2cc(F)c(F)cc2NC1=O. The zero-order chi connectivity index (χ0) is 13.3. The number of rotatable bonds is 2. The molecule has 0 fully saturated rings. The molecule has 0 saturated heterocycles. The molecule has 2 atom stereocenters. The van der Waals surface area contributed by atoms with Crippen molar-refractivity contribution in [3.8, 4) is 11.8 Å². The number of carbonyl (C=O) groups excluding carboxylic acids is 1. The van der Waals surface area contributed by atoms with E-state index in [-0.39, 0.29) is 17.9 Å². The van der Waals surface area contributed by atoms with E-state index < -0.39 is 29.7 Å². The van der Waals surface area contributed by atoms with Gasteiger partial charge in [0.1, 0.15) is 5.75 Å². The second kappa shape index (κ2) is 4.58. The number of nitriles is 1. The van der Waals surface area contributed by atoms with Crippen molar-refractivity contribution >= 4 is 11.6 Å². The quantitative estimate of drug-likeness (QED) is 0.819. The molecule has 1 aromatic rings. The maximum atomic E-state index is 13.0. The summed E-state index contributed by atoms with van der Waals surface area (Å²) in [5.74, 6) is -2.68. The van der Waals surface area contributed by atoms with Crippen molar-refractivity contribution in [2.45, 2.75) is 18.6 Å². The Balaban J connectivity index is 2.25. The molecule has 1 aliphatic heterocycles. The maximum absolute atomic E-state index is 13.0. The summed E-state index contributed by atoms with van der Waals surface area (Å²) in [7, 11) is 0. The highest BCUT2D eigenvalue weighted by atomic mass is 19.2. The molecule has 5 nitrogen and oxygen atoms in total. The first-order valence-electron chi connectivity index (χ1n) is 5.13. The number of benzene rings is 1. The number of nitrogens with zero attached hydrogens (tertiary/aromatic N) is 1. The Kier molecular flexibility index (Phi) is 3.12. The molecule has 3 N–H and O–H groups in total. The minimum atomic E-state index is -1.08. The molecule has 1 aliphatic rings. The summed E-state index contributed by atoms with van der Waals surface area (Å²) in [5, 5.41) is 10.9. The maximum Gasteiger partial charge on any atom is 0.265 e. The van der Waals surface area contributed by atoms with Crippen molar-refractivity contribution < 1.29 is 18.3 Å². The van der Waals surface area contributed by atoms with Crippen LogP contribution in [0.1, 0.15) is 6.42 Å². The van der Waals surface area contributed by atoms with Crippen molar-refractivity contribution in [3.05, 3.63) is 23.8 Å². The van der Waals surface area contributed by atoms with Crippen LogP contribution in [0.2, 0.25) is 0 Å². The Labute approximate surface area is 101 Å². The molecule has 0 aliphatic carbocycles. The van der Waals surface area contributed by atoms with E-state index in [1.54, 1.807) is 6.07 Å². The summed E-state index contributed by atoms with van der Waals surface area (Å²) in [6.45, 7) is 0. The van der Waals surface area contributed by atoms with Gasteiger partial charge in [-0.15, -0.1) is 0 Å². The number of anilines is 1. The van der Waals surface area contributed by atoms with Crippen LogP contribution in [0, 0.1) is 23.0 Å². The van der Waals surface area contributed by atoms with Gasteiger partial charge in [0, 0.05) is 18.6 Å². The van der Waals surface area contributed by atoms with Gasteiger partial charge in [-0.2, -0.15) is 5.26 Å². The molecule has 0 bridgehead atoms. The van der Waals surface area contributed by atoms with Crippen LogP contribution in [0.15, 0.2) is 12.1 Å². The van der Waals surface area contributed by atoms with Crippen LogP contribution in [0.5, 0.6) is 5.75 Å². The van der Waals surface area contributed by atoms with E-state index in [0.29, 0.717) is 0 Å². The van der Waals surface area contributed by atoms with Crippen LogP contribution in [0.25, 0.3) is 0 Å². The lowest BCUT2D eigenvalue weighted by atomic mass is 10.1. The Hall–Kier alpha value is -2.20. The summed E-state index contributed by atoms with van der Waals surface area (Å²) in [5.41, 5.74) is 5.44. The monoisotopic (exact) mass is 253 g/mol. The normalized spacial score (nSPS) is 19.2. The number of amides is 1. The Morgan fingerprint density at radius 1 is 1.50 bits per heavy atom. The van der Waals surface area contributed by atoms with Gasteiger partial charge in [-0.3, -0.25) is 4.79 Å². The highest BCUT2D eigenvalue weighted by Crippen LogP contribution is 2.32. The van der Waals surface area contributed by atoms with Gasteiger partial charge in [0.2, 0.25) is 0 Å². The van der Waals surface area contributed by atoms with Crippen molar-refractivity contribution in [2.75, 3.05) is 5.32 Å². The topological polar surface area (TPSA) is 88.1 Å². The van der Waals surface area contributed by atoms with Crippen LogP contribution < -0.4 is 15.8 Å². The average molecular weight is 253 g/mol. The highest BCUT2D eigenvalue weighted by molar-refractivity contribution is 5.97. The fraction of sp³-hybridized carbons (Fsp3) is 0.273. The Bertz CT molecular complexity index is 542. The van der Waals surface area contributed by atoms with Gasteiger partial charge >= 0.3 is 0 Å². The number of halogens is 2. The van der Waals surface area contributed by atoms with Gasteiger partial charge < -0.3 is 15.8 Å². The summed E-state index contributed by atoms with van der Waals surface area (Å²) in [4.78, 5) is 11.6. The lowest BCUT2D eigenvalue weighted by Gasteiger charge is -2.26. The van der Waals surface area contributed by atoms with Crippen LogP contribution in [-0.4, -0.2) is 18.1 Å². The summed E-state index contributed by atoms with van der Waals surface area (Å²) >= 11 is 0. The molecule has 1 heterocycles. The van der Waals surface area contributed by atoms with Crippen LogP contribution in [0.3, 0.4) is 0 Å². The number of hydrogen-bond acceptors (Lipinski definition) is 4. The van der Waals surface area contributed by atoms with E-state index in [9.17, 15) is 13.6 Å². The average Bonchev–Trinajstić information content (AvgIpc) is 2.32. The first-order valence-corrected chi connectivity index (χ1v) is 5.13. The van der Waals surface area contributed by atoms with Crippen LogP contribution in [0.4, 0.5) is 14.5 Å². The van der Waals surface area contributed by atoms with E-state index >= 15 is 0 Å². The summed E-state index contributed by atoms with van der Waals surface area (Å²) in [6.07, 6.45) is -1.02. The molecular formula is C11H9F2N3O2. The highest BCUT2D eigenvalue weighted by Gasteiger charge is 2.30. The summed E-state index contributed by atoms with van der Waals surface area (Å²) < 4.78 is 31.2. The number of nitrogens with two attached hydrogens (primary N) is 1. The zero-order valence-corrected chi connectivity index (χ0v) is 9.11. The number of nitrogens with one attached hydrogen (secondary N) is 1. The molecular weight excluding hydrogens is 244 g/mol. The first-order chi connectivity index (χ1) is 8.51. The molecule has 0 saturated carbocycles. The molecule has 0 radical (unpaired) electrons. The molecule has 94 valence electrons.